The first-order valence-electron chi connectivity index (χ1n) is 6.60. The lowest BCUT2D eigenvalue weighted by atomic mass is 10.0. The van der Waals surface area contributed by atoms with E-state index >= 15 is 0 Å². The topological polar surface area (TPSA) is 50.4 Å². The smallest absolute Gasteiger partial charge is 0.257 e. The molecule has 4 nitrogen and oxygen atoms in total. The van der Waals surface area contributed by atoms with Crippen LogP contribution in [0.5, 0.6) is 5.75 Å². The van der Waals surface area contributed by atoms with Gasteiger partial charge in [0, 0.05) is 30.6 Å². The third-order valence-electron chi connectivity index (χ3n) is 2.64. The van der Waals surface area contributed by atoms with Crippen molar-refractivity contribution in [3.05, 3.63) is 29.3 Å². The van der Waals surface area contributed by atoms with Gasteiger partial charge in [0.1, 0.15) is 5.75 Å². The number of benzene rings is 1. The monoisotopic (exact) mass is 284 g/mol. The SMILES string of the molecule is CC.O=C(COc1ccc(Cl)cc1)NCC1CNC1. The van der Waals surface area contributed by atoms with E-state index in [1.54, 1.807) is 24.3 Å². The number of carbonyl (C=O) groups excluding carboxylic acids is 1. The summed E-state index contributed by atoms with van der Waals surface area (Å²) >= 11 is 5.74. The van der Waals surface area contributed by atoms with Gasteiger partial charge < -0.3 is 15.4 Å². The zero-order valence-corrected chi connectivity index (χ0v) is 12.2. The van der Waals surface area contributed by atoms with Gasteiger partial charge >= 0.3 is 0 Å². The van der Waals surface area contributed by atoms with Gasteiger partial charge in [0.05, 0.1) is 0 Å². The van der Waals surface area contributed by atoms with Crippen LogP contribution in [-0.4, -0.2) is 32.1 Å². The number of amides is 1. The lowest BCUT2D eigenvalue weighted by Gasteiger charge is -2.27. The lowest BCUT2D eigenvalue weighted by molar-refractivity contribution is -0.123. The maximum absolute atomic E-state index is 11.4. The van der Waals surface area contributed by atoms with Crippen LogP contribution in [0.2, 0.25) is 5.02 Å². The van der Waals surface area contributed by atoms with Gasteiger partial charge in [-0.2, -0.15) is 0 Å². The second-order valence-electron chi connectivity index (χ2n) is 4.07. The number of ether oxygens (including phenoxy) is 1. The third kappa shape index (κ3) is 5.94. The van der Waals surface area contributed by atoms with Gasteiger partial charge in [-0.3, -0.25) is 4.79 Å². The molecule has 1 aliphatic heterocycles. The number of halogens is 1. The van der Waals surface area contributed by atoms with Crippen LogP contribution in [0.3, 0.4) is 0 Å². The van der Waals surface area contributed by atoms with Crippen molar-refractivity contribution >= 4 is 17.5 Å². The Hall–Kier alpha value is -1.26. The van der Waals surface area contributed by atoms with Crippen molar-refractivity contribution in [3.63, 3.8) is 0 Å². The lowest BCUT2D eigenvalue weighted by Crippen LogP contribution is -2.48. The van der Waals surface area contributed by atoms with Crippen LogP contribution < -0.4 is 15.4 Å². The number of hydrogen-bond donors (Lipinski definition) is 2. The molecule has 0 unspecified atom stereocenters. The Kier molecular flexibility index (Phi) is 7.30. The highest BCUT2D eigenvalue weighted by Gasteiger charge is 2.17. The van der Waals surface area contributed by atoms with E-state index in [2.05, 4.69) is 10.6 Å². The van der Waals surface area contributed by atoms with E-state index in [-0.39, 0.29) is 12.5 Å². The predicted octanol–water partition coefficient (Wildman–Crippen LogP) is 2.08. The molecular weight excluding hydrogens is 264 g/mol. The summed E-state index contributed by atoms with van der Waals surface area (Å²) in [5, 5.41) is 6.64. The van der Waals surface area contributed by atoms with Crippen molar-refractivity contribution in [1.29, 1.82) is 0 Å². The summed E-state index contributed by atoms with van der Waals surface area (Å²) in [5.41, 5.74) is 0. The molecule has 0 bridgehead atoms. The van der Waals surface area contributed by atoms with Crippen molar-refractivity contribution < 1.29 is 9.53 Å². The summed E-state index contributed by atoms with van der Waals surface area (Å²) in [6.45, 7) is 6.73. The van der Waals surface area contributed by atoms with Crippen molar-refractivity contribution in [3.8, 4) is 5.75 Å². The van der Waals surface area contributed by atoms with Crippen molar-refractivity contribution in [2.24, 2.45) is 5.92 Å². The Morgan fingerprint density at radius 1 is 1.37 bits per heavy atom. The van der Waals surface area contributed by atoms with Gasteiger partial charge in [0.25, 0.3) is 5.91 Å². The molecule has 0 aliphatic carbocycles. The van der Waals surface area contributed by atoms with Crippen LogP contribution in [0.25, 0.3) is 0 Å². The molecule has 1 saturated heterocycles. The molecule has 1 heterocycles. The van der Waals surface area contributed by atoms with Crippen LogP contribution in [0.1, 0.15) is 13.8 Å². The number of carbonyl (C=O) groups is 1. The Bertz CT molecular complexity index is 378. The molecule has 1 aromatic rings. The van der Waals surface area contributed by atoms with Gasteiger partial charge in [0.2, 0.25) is 0 Å². The van der Waals surface area contributed by atoms with Gasteiger partial charge in [-0.05, 0) is 24.3 Å². The van der Waals surface area contributed by atoms with E-state index in [9.17, 15) is 4.79 Å². The largest absolute Gasteiger partial charge is 0.484 e. The third-order valence-corrected chi connectivity index (χ3v) is 2.89. The molecule has 0 aromatic heterocycles. The normalized spacial score (nSPS) is 13.8. The standard InChI is InChI=1S/C12H15ClN2O2.C2H6/c13-10-1-3-11(4-2-10)17-8-12(16)15-7-9-5-14-6-9;1-2/h1-4,9,14H,5-8H2,(H,15,16);1-2H3. The van der Waals surface area contributed by atoms with Gasteiger partial charge in [-0.15, -0.1) is 0 Å². The molecule has 106 valence electrons. The molecule has 0 atom stereocenters. The Labute approximate surface area is 119 Å². The molecule has 19 heavy (non-hydrogen) atoms. The molecule has 0 saturated carbocycles. The maximum Gasteiger partial charge on any atom is 0.257 e. The predicted molar refractivity (Wildman–Crippen MR) is 77.7 cm³/mol. The van der Waals surface area contributed by atoms with Gasteiger partial charge in [-0.1, -0.05) is 25.4 Å². The fourth-order valence-electron chi connectivity index (χ4n) is 1.48. The number of hydrogen-bond acceptors (Lipinski definition) is 3. The average molecular weight is 285 g/mol. The molecule has 0 spiro atoms. The van der Waals surface area contributed by atoms with E-state index in [4.69, 9.17) is 16.3 Å². The average Bonchev–Trinajstić information content (AvgIpc) is 2.39. The number of rotatable bonds is 5. The molecule has 1 aromatic carbocycles. The van der Waals surface area contributed by atoms with Crippen LogP contribution in [0.15, 0.2) is 24.3 Å². The zero-order chi connectivity index (χ0) is 14.1. The number of nitrogens with one attached hydrogen (secondary N) is 2. The highest BCUT2D eigenvalue weighted by atomic mass is 35.5. The minimum absolute atomic E-state index is 0.0434. The first-order chi connectivity index (χ1) is 9.24. The summed E-state index contributed by atoms with van der Waals surface area (Å²) in [7, 11) is 0. The van der Waals surface area contributed by atoms with E-state index in [0.717, 1.165) is 19.6 Å². The zero-order valence-electron chi connectivity index (χ0n) is 11.4. The fourth-order valence-corrected chi connectivity index (χ4v) is 1.61. The molecule has 0 radical (unpaired) electrons. The van der Waals surface area contributed by atoms with Crippen LogP contribution in [0, 0.1) is 5.92 Å². The Morgan fingerprint density at radius 2 is 2.00 bits per heavy atom. The summed E-state index contributed by atoms with van der Waals surface area (Å²) in [6, 6.07) is 6.95. The summed E-state index contributed by atoms with van der Waals surface area (Å²) in [6.07, 6.45) is 0. The Balaban J connectivity index is 0.000000861. The molecule has 1 fully saturated rings. The highest BCUT2D eigenvalue weighted by Crippen LogP contribution is 2.15. The molecule has 5 heteroatoms. The van der Waals surface area contributed by atoms with Crippen LogP contribution in [0.4, 0.5) is 0 Å². The van der Waals surface area contributed by atoms with E-state index in [1.807, 2.05) is 13.8 Å². The van der Waals surface area contributed by atoms with Crippen LogP contribution >= 0.6 is 11.6 Å². The van der Waals surface area contributed by atoms with Gasteiger partial charge in [0.15, 0.2) is 6.61 Å². The Morgan fingerprint density at radius 3 is 2.53 bits per heavy atom. The highest BCUT2D eigenvalue weighted by molar-refractivity contribution is 6.30. The molecule has 1 aliphatic rings. The molecule has 1 amide bonds. The molecule has 2 N–H and O–H groups in total. The second kappa shape index (κ2) is 8.77. The van der Waals surface area contributed by atoms with Crippen LogP contribution in [-0.2, 0) is 4.79 Å². The first kappa shape index (κ1) is 15.8. The maximum atomic E-state index is 11.4. The van der Waals surface area contributed by atoms with Gasteiger partial charge in [-0.25, -0.2) is 0 Å². The second-order valence-corrected chi connectivity index (χ2v) is 4.51. The quantitative estimate of drug-likeness (QED) is 0.870. The molecule has 2 rings (SSSR count). The first-order valence-corrected chi connectivity index (χ1v) is 6.97. The van der Waals surface area contributed by atoms with Crippen molar-refractivity contribution in [2.45, 2.75) is 13.8 Å². The minimum Gasteiger partial charge on any atom is -0.484 e. The molecular formula is C14H21ClN2O2. The summed E-state index contributed by atoms with van der Waals surface area (Å²) in [4.78, 5) is 11.4. The minimum atomic E-state index is -0.0909. The van der Waals surface area contributed by atoms with Crippen molar-refractivity contribution in [2.75, 3.05) is 26.2 Å². The van der Waals surface area contributed by atoms with Crippen molar-refractivity contribution in [1.82, 2.24) is 10.6 Å². The van der Waals surface area contributed by atoms with E-state index in [1.165, 1.54) is 0 Å². The summed E-state index contributed by atoms with van der Waals surface area (Å²) < 4.78 is 5.32. The van der Waals surface area contributed by atoms with E-state index < -0.39 is 0 Å². The van der Waals surface area contributed by atoms with E-state index in [0.29, 0.717) is 16.7 Å². The fraction of sp³-hybridized carbons (Fsp3) is 0.500. The summed E-state index contributed by atoms with van der Waals surface area (Å²) in [5.74, 6) is 1.12.